The predicted octanol–water partition coefficient (Wildman–Crippen LogP) is 2.86. The van der Waals surface area contributed by atoms with Crippen LogP contribution < -0.4 is 10.1 Å². The van der Waals surface area contributed by atoms with Crippen molar-refractivity contribution in [1.29, 1.82) is 0 Å². The molecule has 0 fully saturated rings. The molecule has 1 aromatic carbocycles. The lowest BCUT2D eigenvalue weighted by atomic mass is 10.0. The summed E-state index contributed by atoms with van der Waals surface area (Å²) < 4.78 is 5.92. The van der Waals surface area contributed by atoms with E-state index in [1.807, 2.05) is 0 Å². The predicted molar refractivity (Wildman–Crippen MR) is 79.9 cm³/mol. The van der Waals surface area contributed by atoms with Gasteiger partial charge in [0.2, 0.25) is 0 Å². The Bertz CT molecular complexity index is 371. The maximum Gasteiger partial charge on any atom is 0.122 e. The van der Waals surface area contributed by atoms with Crippen molar-refractivity contribution in [2.24, 2.45) is 0 Å². The molecule has 108 valence electrons. The summed E-state index contributed by atoms with van der Waals surface area (Å²) in [6.45, 7) is 10.2. The molecule has 0 heterocycles. The Morgan fingerprint density at radius 2 is 2.05 bits per heavy atom. The van der Waals surface area contributed by atoms with Gasteiger partial charge in [-0.3, -0.25) is 0 Å². The Labute approximate surface area is 117 Å². The van der Waals surface area contributed by atoms with E-state index in [-0.39, 0.29) is 12.6 Å². The van der Waals surface area contributed by atoms with E-state index >= 15 is 0 Å². The Morgan fingerprint density at radius 3 is 2.63 bits per heavy atom. The van der Waals surface area contributed by atoms with Crippen LogP contribution in [0, 0.1) is 6.92 Å². The van der Waals surface area contributed by atoms with E-state index in [0.29, 0.717) is 12.5 Å². The minimum absolute atomic E-state index is 0.187. The smallest absolute Gasteiger partial charge is 0.122 e. The molecule has 0 aliphatic heterocycles. The van der Waals surface area contributed by atoms with Crippen LogP contribution >= 0.6 is 0 Å². The molecule has 3 heteroatoms. The molecule has 3 nitrogen and oxygen atoms in total. The van der Waals surface area contributed by atoms with Crippen molar-refractivity contribution in [3.05, 3.63) is 29.3 Å². The Morgan fingerprint density at radius 1 is 1.32 bits per heavy atom. The summed E-state index contributed by atoms with van der Waals surface area (Å²) in [5, 5.41) is 12.4. The van der Waals surface area contributed by atoms with E-state index in [0.717, 1.165) is 24.3 Å². The number of ether oxygens (including phenoxy) is 1. The van der Waals surface area contributed by atoms with E-state index in [9.17, 15) is 0 Å². The van der Waals surface area contributed by atoms with Crippen molar-refractivity contribution in [3.8, 4) is 5.75 Å². The van der Waals surface area contributed by atoms with E-state index < -0.39 is 0 Å². The summed E-state index contributed by atoms with van der Waals surface area (Å²) in [6.07, 6.45) is 0.719. The first-order valence-electron chi connectivity index (χ1n) is 7.16. The number of rotatable bonds is 8. The summed E-state index contributed by atoms with van der Waals surface area (Å²) in [7, 11) is 0. The van der Waals surface area contributed by atoms with Crippen LogP contribution in [0.15, 0.2) is 18.2 Å². The first-order valence-corrected chi connectivity index (χ1v) is 7.16. The molecule has 1 unspecified atom stereocenters. The minimum atomic E-state index is 0.187. The van der Waals surface area contributed by atoms with Crippen LogP contribution in [0.25, 0.3) is 0 Å². The van der Waals surface area contributed by atoms with Gasteiger partial charge in [-0.2, -0.15) is 0 Å². The lowest BCUT2D eigenvalue weighted by Crippen LogP contribution is -2.35. The quantitative estimate of drug-likeness (QED) is 0.759. The maximum absolute atomic E-state index is 9.04. The number of likely N-dealkylation sites (N-methyl/N-ethyl adjacent to an activating group) is 1. The third kappa shape index (κ3) is 5.21. The van der Waals surface area contributed by atoms with Crippen LogP contribution in [0.4, 0.5) is 0 Å². The molecular weight excluding hydrogens is 238 g/mol. The Kier molecular flexibility index (Phi) is 6.89. The molecule has 1 atom stereocenters. The normalized spacial score (nSPS) is 12.7. The van der Waals surface area contributed by atoms with E-state index in [2.05, 4.69) is 51.2 Å². The van der Waals surface area contributed by atoms with Gasteiger partial charge in [0.05, 0.1) is 0 Å². The second kappa shape index (κ2) is 8.18. The van der Waals surface area contributed by atoms with Gasteiger partial charge in [-0.15, -0.1) is 0 Å². The standard InChI is InChI=1S/C16H27NO2/c1-5-17-15(8-9-18)11-19-16-10-14(12(2)3)7-6-13(16)4/h6-7,10,12,15,17-18H,5,8-9,11H2,1-4H3. The number of hydrogen-bond donors (Lipinski definition) is 2. The van der Waals surface area contributed by atoms with Crippen molar-refractivity contribution in [2.45, 2.75) is 46.1 Å². The molecule has 0 saturated heterocycles. The van der Waals surface area contributed by atoms with Gasteiger partial charge < -0.3 is 15.2 Å². The first-order chi connectivity index (χ1) is 9.08. The van der Waals surface area contributed by atoms with Crippen LogP contribution in [0.2, 0.25) is 0 Å². The van der Waals surface area contributed by atoms with Crippen molar-refractivity contribution in [2.75, 3.05) is 19.8 Å². The van der Waals surface area contributed by atoms with E-state index in [4.69, 9.17) is 9.84 Å². The monoisotopic (exact) mass is 265 g/mol. The highest BCUT2D eigenvalue weighted by molar-refractivity contribution is 5.37. The van der Waals surface area contributed by atoms with Gasteiger partial charge >= 0.3 is 0 Å². The maximum atomic E-state index is 9.04. The molecule has 0 aliphatic carbocycles. The summed E-state index contributed by atoms with van der Waals surface area (Å²) in [6, 6.07) is 6.60. The zero-order chi connectivity index (χ0) is 14.3. The summed E-state index contributed by atoms with van der Waals surface area (Å²) in [5.41, 5.74) is 2.45. The fourth-order valence-corrected chi connectivity index (χ4v) is 2.01. The second-order valence-electron chi connectivity index (χ2n) is 5.26. The van der Waals surface area contributed by atoms with E-state index in [1.54, 1.807) is 0 Å². The number of benzene rings is 1. The molecule has 0 radical (unpaired) electrons. The zero-order valence-corrected chi connectivity index (χ0v) is 12.6. The average molecular weight is 265 g/mol. The lowest BCUT2D eigenvalue weighted by molar-refractivity contribution is 0.214. The topological polar surface area (TPSA) is 41.5 Å². The highest BCUT2D eigenvalue weighted by atomic mass is 16.5. The minimum Gasteiger partial charge on any atom is -0.492 e. The second-order valence-corrected chi connectivity index (χ2v) is 5.26. The Balaban J connectivity index is 2.67. The SMILES string of the molecule is CCNC(CCO)COc1cc(C(C)C)ccc1C. The highest BCUT2D eigenvalue weighted by Crippen LogP contribution is 2.24. The molecule has 0 aliphatic rings. The molecule has 2 N–H and O–H groups in total. The molecule has 0 aromatic heterocycles. The highest BCUT2D eigenvalue weighted by Gasteiger charge is 2.10. The van der Waals surface area contributed by atoms with Crippen molar-refractivity contribution >= 4 is 0 Å². The van der Waals surface area contributed by atoms with Gasteiger partial charge in [-0.1, -0.05) is 32.9 Å². The average Bonchev–Trinajstić information content (AvgIpc) is 2.37. The van der Waals surface area contributed by atoms with Crippen LogP contribution in [-0.4, -0.2) is 30.9 Å². The zero-order valence-electron chi connectivity index (χ0n) is 12.6. The van der Waals surface area contributed by atoms with Gasteiger partial charge in [0.25, 0.3) is 0 Å². The molecule has 0 bridgehead atoms. The largest absolute Gasteiger partial charge is 0.492 e. The summed E-state index contributed by atoms with van der Waals surface area (Å²) in [5.74, 6) is 1.46. The molecule has 0 amide bonds. The van der Waals surface area contributed by atoms with Gasteiger partial charge in [0.1, 0.15) is 12.4 Å². The fraction of sp³-hybridized carbons (Fsp3) is 0.625. The number of nitrogens with one attached hydrogen (secondary N) is 1. The van der Waals surface area contributed by atoms with Gasteiger partial charge in [-0.25, -0.2) is 0 Å². The van der Waals surface area contributed by atoms with Gasteiger partial charge in [-0.05, 0) is 43.0 Å². The number of aliphatic hydroxyl groups is 1. The third-order valence-electron chi connectivity index (χ3n) is 3.29. The number of aryl methyl sites for hydroxylation is 1. The summed E-state index contributed by atoms with van der Waals surface area (Å²) >= 11 is 0. The lowest BCUT2D eigenvalue weighted by Gasteiger charge is -2.19. The van der Waals surface area contributed by atoms with E-state index in [1.165, 1.54) is 5.56 Å². The van der Waals surface area contributed by atoms with Crippen LogP contribution in [0.3, 0.4) is 0 Å². The molecular formula is C16H27NO2. The molecule has 1 rings (SSSR count). The molecule has 0 spiro atoms. The van der Waals surface area contributed by atoms with Gasteiger partial charge in [0, 0.05) is 12.6 Å². The van der Waals surface area contributed by atoms with Crippen molar-refractivity contribution in [3.63, 3.8) is 0 Å². The molecule has 0 saturated carbocycles. The van der Waals surface area contributed by atoms with Crippen molar-refractivity contribution < 1.29 is 9.84 Å². The third-order valence-corrected chi connectivity index (χ3v) is 3.29. The summed E-state index contributed by atoms with van der Waals surface area (Å²) in [4.78, 5) is 0. The molecule has 1 aromatic rings. The number of aliphatic hydroxyl groups excluding tert-OH is 1. The van der Waals surface area contributed by atoms with Crippen LogP contribution in [0.5, 0.6) is 5.75 Å². The first kappa shape index (κ1) is 16.0. The van der Waals surface area contributed by atoms with Crippen molar-refractivity contribution in [1.82, 2.24) is 5.32 Å². The molecule has 19 heavy (non-hydrogen) atoms. The van der Waals surface area contributed by atoms with Crippen LogP contribution in [-0.2, 0) is 0 Å². The number of hydrogen-bond acceptors (Lipinski definition) is 3. The van der Waals surface area contributed by atoms with Crippen LogP contribution in [0.1, 0.15) is 44.2 Å². The fourth-order valence-electron chi connectivity index (χ4n) is 2.01. The Hall–Kier alpha value is -1.06. The van der Waals surface area contributed by atoms with Gasteiger partial charge in [0.15, 0.2) is 0 Å².